The van der Waals surface area contributed by atoms with Crippen LogP contribution in [-0.4, -0.2) is 55.4 Å². The van der Waals surface area contributed by atoms with E-state index in [-0.39, 0.29) is 11.3 Å². The van der Waals surface area contributed by atoms with Crippen LogP contribution in [0.2, 0.25) is 0 Å². The summed E-state index contributed by atoms with van der Waals surface area (Å²) >= 11 is 1.22. The van der Waals surface area contributed by atoms with Gasteiger partial charge in [-0.05, 0) is 11.1 Å². The lowest BCUT2D eigenvalue weighted by atomic mass is 10.0. The quantitative estimate of drug-likeness (QED) is 0.327. The number of hydrogen-bond donors (Lipinski definition) is 5. The lowest BCUT2D eigenvalue weighted by Crippen LogP contribution is -2.70. The van der Waals surface area contributed by atoms with Crippen molar-refractivity contribution in [3.63, 3.8) is 0 Å². The first kappa shape index (κ1) is 19.1. The Labute approximate surface area is 153 Å². The number of hydrogen-bond acceptors (Lipinski definition) is 6. The van der Waals surface area contributed by atoms with Gasteiger partial charge in [-0.25, -0.2) is 0 Å². The van der Waals surface area contributed by atoms with E-state index in [2.05, 4.69) is 5.32 Å². The lowest BCUT2D eigenvalue weighted by Gasteiger charge is -2.50. The first-order valence-electron chi connectivity index (χ1n) is 7.70. The molecular formula is C15H18N3O6PS. The Morgan fingerprint density at radius 1 is 1.38 bits per heavy atom. The summed E-state index contributed by atoms with van der Waals surface area (Å²) in [6, 6.07) is 6.76. The van der Waals surface area contributed by atoms with E-state index in [4.69, 9.17) is 5.73 Å². The molecule has 3 rings (SSSR count). The van der Waals surface area contributed by atoms with E-state index in [9.17, 15) is 29.0 Å². The number of aliphatic hydroxyl groups is 1. The minimum atomic E-state index is -4.75. The fourth-order valence-electron chi connectivity index (χ4n) is 2.93. The van der Waals surface area contributed by atoms with Crippen molar-refractivity contribution in [2.45, 2.75) is 17.5 Å². The number of carbonyl (C=O) groups excluding carboxylic acids is 2. The maximum absolute atomic E-state index is 12.4. The smallest absolute Gasteiger partial charge is 0.372 e. The molecule has 1 aromatic carbocycles. The molecule has 2 aliphatic rings. The van der Waals surface area contributed by atoms with Gasteiger partial charge in [-0.3, -0.25) is 19.1 Å². The molecule has 1 saturated heterocycles. The average Bonchev–Trinajstić information content (AvgIpc) is 2.63. The fourth-order valence-corrected chi connectivity index (χ4v) is 5.52. The van der Waals surface area contributed by atoms with Crippen LogP contribution in [0.3, 0.4) is 0 Å². The van der Waals surface area contributed by atoms with Crippen molar-refractivity contribution in [2.75, 3.05) is 12.4 Å². The molecule has 11 heteroatoms. The number of rotatable bonds is 5. The molecule has 140 valence electrons. The highest BCUT2D eigenvalue weighted by Gasteiger charge is 2.56. The minimum absolute atomic E-state index is 0.110. The summed E-state index contributed by atoms with van der Waals surface area (Å²) < 4.78 is 11.7. The summed E-state index contributed by atoms with van der Waals surface area (Å²) in [6.07, 6.45) is 0. The molecule has 1 aromatic rings. The second kappa shape index (κ2) is 7.15. The highest BCUT2D eigenvalue weighted by atomic mass is 32.2. The van der Waals surface area contributed by atoms with E-state index < -0.39 is 48.9 Å². The third kappa shape index (κ3) is 3.32. The van der Waals surface area contributed by atoms with Crippen molar-refractivity contribution in [3.8, 4) is 0 Å². The summed E-state index contributed by atoms with van der Waals surface area (Å²) in [5, 5.41) is 11.2. The number of amides is 2. The van der Waals surface area contributed by atoms with Crippen LogP contribution >= 0.6 is 19.4 Å². The molecule has 0 aliphatic carbocycles. The van der Waals surface area contributed by atoms with Crippen molar-refractivity contribution in [3.05, 3.63) is 46.9 Å². The predicted octanol–water partition coefficient (Wildman–Crippen LogP) is -0.532. The molecule has 1 fully saturated rings. The van der Waals surface area contributed by atoms with Gasteiger partial charge in [0.05, 0.1) is 6.61 Å². The average molecular weight is 399 g/mol. The first-order valence-corrected chi connectivity index (χ1v) is 10.4. The van der Waals surface area contributed by atoms with E-state index in [1.54, 1.807) is 30.3 Å². The minimum Gasteiger partial charge on any atom is -0.392 e. The topological polar surface area (TPSA) is 153 Å². The maximum atomic E-state index is 12.4. The largest absolute Gasteiger partial charge is 0.392 e. The third-order valence-electron chi connectivity index (χ3n) is 4.22. The molecule has 6 N–H and O–H groups in total. The first-order chi connectivity index (χ1) is 12.3. The summed E-state index contributed by atoms with van der Waals surface area (Å²) in [6.45, 7) is -0.556. The number of nitrogens with one attached hydrogen (secondary N) is 1. The number of β-lactam (4-membered cyclic amide) rings is 1. The van der Waals surface area contributed by atoms with Crippen molar-refractivity contribution in [2.24, 2.45) is 5.73 Å². The predicted molar refractivity (Wildman–Crippen MR) is 94.5 cm³/mol. The Kier molecular flexibility index (Phi) is 5.25. The van der Waals surface area contributed by atoms with Gasteiger partial charge < -0.3 is 25.9 Å². The Hall–Kier alpha value is -1.68. The summed E-state index contributed by atoms with van der Waals surface area (Å²) in [7, 11) is -4.75. The maximum Gasteiger partial charge on any atom is 0.372 e. The van der Waals surface area contributed by atoms with Gasteiger partial charge in [0.2, 0.25) is 5.91 Å². The number of aliphatic hydroxyl groups excluding tert-OH is 1. The van der Waals surface area contributed by atoms with Crippen LogP contribution in [0.1, 0.15) is 11.6 Å². The van der Waals surface area contributed by atoms with Gasteiger partial charge >= 0.3 is 7.60 Å². The van der Waals surface area contributed by atoms with Crippen LogP contribution in [0.25, 0.3) is 0 Å². The van der Waals surface area contributed by atoms with Gasteiger partial charge in [-0.1, -0.05) is 30.3 Å². The van der Waals surface area contributed by atoms with Gasteiger partial charge in [0.15, 0.2) is 0 Å². The van der Waals surface area contributed by atoms with Gasteiger partial charge in [0.1, 0.15) is 22.9 Å². The lowest BCUT2D eigenvalue weighted by molar-refractivity contribution is -0.145. The van der Waals surface area contributed by atoms with E-state index >= 15 is 0 Å². The van der Waals surface area contributed by atoms with Gasteiger partial charge in [-0.15, -0.1) is 11.8 Å². The van der Waals surface area contributed by atoms with E-state index in [0.29, 0.717) is 5.56 Å². The Balaban J connectivity index is 1.76. The zero-order valence-electron chi connectivity index (χ0n) is 13.5. The molecule has 26 heavy (non-hydrogen) atoms. The SMILES string of the molecule is NC(C(=O)N[C@@H]1C(=O)N2C(P(=O)(O)O)=C(CO)CS[C@@H]12)c1ccccc1. The molecule has 9 nitrogen and oxygen atoms in total. The van der Waals surface area contributed by atoms with E-state index in [1.807, 2.05) is 0 Å². The van der Waals surface area contributed by atoms with Crippen molar-refractivity contribution in [1.82, 2.24) is 10.2 Å². The molecule has 0 spiro atoms. The van der Waals surface area contributed by atoms with Crippen molar-refractivity contribution in [1.29, 1.82) is 0 Å². The molecule has 1 unspecified atom stereocenters. The molecule has 0 aromatic heterocycles. The second-order valence-corrected chi connectivity index (χ2v) is 8.53. The third-order valence-corrected chi connectivity index (χ3v) is 6.64. The highest BCUT2D eigenvalue weighted by Crippen LogP contribution is 2.55. The second-order valence-electron chi connectivity index (χ2n) is 5.91. The monoisotopic (exact) mass is 399 g/mol. The van der Waals surface area contributed by atoms with E-state index in [0.717, 1.165) is 4.90 Å². The van der Waals surface area contributed by atoms with Gasteiger partial charge in [0, 0.05) is 5.75 Å². The van der Waals surface area contributed by atoms with Crippen LogP contribution in [0, 0.1) is 0 Å². The van der Waals surface area contributed by atoms with Gasteiger partial charge in [-0.2, -0.15) is 0 Å². The normalized spacial score (nSPS) is 24.0. The fraction of sp³-hybridized carbons (Fsp3) is 0.333. The van der Waals surface area contributed by atoms with Crippen LogP contribution < -0.4 is 11.1 Å². The summed E-state index contributed by atoms with van der Waals surface area (Å²) in [5.41, 5.74) is 6.14. The molecule has 2 aliphatic heterocycles. The molecule has 0 saturated carbocycles. The Morgan fingerprint density at radius 2 is 2.04 bits per heavy atom. The number of nitrogens with zero attached hydrogens (tertiary/aromatic N) is 1. The Morgan fingerprint density at radius 3 is 2.62 bits per heavy atom. The van der Waals surface area contributed by atoms with Crippen molar-refractivity contribution < 1.29 is 29.0 Å². The number of thioether (sulfide) groups is 1. The van der Waals surface area contributed by atoms with Crippen molar-refractivity contribution >= 4 is 31.2 Å². The summed E-state index contributed by atoms with van der Waals surface area (Å²) in [5.74, 6) is -1.03. The van der Waals surface area contributed by atoms with Crippen LogP contribution in [0.5, 0.6) is 0 Å². The molecule has 3 atom stereocenters. The molecule has 0 bridgehead atoms. The highest BCUT2D eigenvalue weighted by molar-refractivity contribution is 8.00. The number of carbonyl (C=O) groups is 2. The molecular weight excluding hydrogens is 381 g/mol. The molecule has 2 heterocycles. The Bertz CT molecular complexity index is 811. The number of fused-ring (bicyclic) bond motifs is 1. The van der Waals surface area contributed by atoms with Gasteiger partial charge in [0.25, 0.3) is 5.91 Å². The molecule has 0 radical (unpaired) electrons. The number of benzene rings is 1. The molecule has 2 amide bonds. The van der Waals surface area contributed by atoms with Crippen LogP contribution in [0.4, 0.5) is 0 Å². The van der Waals surface area contributed by atoms with Crippen LogP contribution in [-0.2, 0) is 14.2 Å². The number of nitrogens with two attached hydrogens (primary N) is 1. The van der Waals surface area contributed by atoms with E-state index in [1.165, 1.54) is 11.8 Å². The summed E-state index contributed by atoms with van der Waals surface area (Å²) in [4.78, 5) is 44.7. The van der Waals surface area contributed by atoms with Crippen LogP contribution in [0.15, 0.2) is 41.3 Å². The standard InChI is InChI=1S/C15H18N3O6PS/c16-10(8-4-2-1-3-5-8)12(20)17-11-13(21)18-14(25(22,23)24)9(6-19)7-26-15(11)18/h1-5,10-11,15,19H,6-7,16H2,(H,17,20)(H2,22,23,24)/t10?,11-,15+/m1/s1. The zero-order chi connectivity index (χ0) is 19.1. The zero-order valence-corrected chi connectivity index (χ0v) is 15.2.